The van der Waals surface area contributed by atoms with Crippen LogP contribution in [-0.4, -0.2) is 42.2 Å². The second-order valence-corrected chi connectivity index (χ2v) is 7.48. The first-order chi connectivity index (χ1) is 10.9. The molecule has 0 spiro atoms. The molecule has 0 aromatic heterocycles. The van der Waals surface area contributed by atoms with Gasteiger partial charge in [0.1, 0.15) is 0 Å². The Hall–Kier alpha value is -1.39. The van der Waals surface area contributed by atoms with Crippen LogP contribution in [0.1, 0.15) is 45.2 Å². The number of nitrogens with zero attached hydrogens (tertiary/aromatic N) is 1. The summed E-state index contributed by atoms with van der Waals surface area (Å²) in [6, 6.07) is 10.2. The molecule has 1 aromatic rings. The average molecular weight is 318 g/mol. The maximum atomic E-state index is 12.5. The van der Waals surface area contributed by atoms with E-state index in [-0.39, 0.29) is 24.0 Å². The van der Waals surface area contributed by atoms with Gasteiger partial charge in [-0.2, -0.15) is 0 Å². The predicted molar refractivity (Wildman–Crippen MR) is 93.0 cm³/mol. The Balaban J connectivity index is 1.95. The third-order valence-corrected chi connectivity index (χ3v) is 4.75. The molecule has 0 saturated carbocycles. The summed E-state index contributed by atoms with van der Waals surface area (Å²) in [6.45, 7) is 8.66. The van der Waals surface area contributed by atoms with Crippen molar-refractivity contribution in [3.8, 4) is 0 Å². The number of aliphatic hydroxyl groups is 1. The van der Waals surface area contributed by atoms with E-state index in [9.17, 15) is 9.90 Å². The van der Waals surface area contributed by atoms with Crippen molar-refractivity contribution in [1.29, 1.82) is 0 Å². The van der Waals surface area contributed by atoms with Crippen LogP contribution < -0.4 is 5.32 Å². The first kappa shape index (κ1) is 18.0. The van der Waals surface area contributed by atoms with Gasteiger partial charge in [0.15, 0.2) is 0 Å². The van der Waals surface area contributed by atoms with Crippen molar-refractivity contribution >= 4 is 5.91 Å². The van der Waals surface area contributed by atoms with Crippen LogP contribution in [0.25, 0.3) is 0 Å². The van der Waals surface area contributed by atoms with Crippen LogP contribution >= 0.6 is 0 Å². The molecule has 1 amide bonds. The quantitative estimate of drug-likeness (QED) is 0.848. The van der Waals surface area contributed by atoms with Gasteiger partial charge >= 0.3 is 0 Å². The molecule has 1 saturated heterocycles. The van der Waals surface area contributed by atoms with Gasteiger partial charge in [-0.15, -0.1) is 0 Å². The van der Waals surface area contributed by atoms with Crippen LogP contribution in [0.5, 0.6) is 0 Å². The van der Waals surface area contributed by atoms with Gasteiger partial charge in [-0.3, -0.25) is 9.69 Å². The van der Waals surface area contributed by atoms with Crippen molar-refractivity contribution in [1.82, 2.24) is 10.2 Å². The first-order valence-electron chi connectivity index (χ1n) is 8.61. The summed E-state index contributed by atoms with van der Waals surface area (Å²) < 4.78 is 0. The van der Waals surface area contributed by atoms with Crippen LogP contribution in [0.2, 0.25) is 0 Å². The fourth-order valence-corrected chi connectivity index (χ4v) is 3.41. The number of hydrogen-bond acceptors (Lipinski definition) is 3. The Labute approximate surface area is 139 Å². The molecule has 1 heterocycles. The van der Waals surface area contributed by atoms with Crippen LogP contribution in [-0.2, 0) is 4.79 Å². The van der Waals surface area contributed by atoms with Crippen molar-refractivity contribution in [3.63, 3.8) is 0 Å². The first-order valence-corrected chi connectivity index (χ1v) is 8.61. The summed E-state index contributed by atoms with van der Waals surface area (Å²) >= 11 is 0. The molecule has 2 rings (SSSR count). The normalized spacial score (nSPS) is 23.7. The maximum absolute atomic E-state index is 12.5. The number of carbonyl (C=O) groups excluding carboxylic acids is 1. The highest BCUT2D eigenvalue weighted by molar-refractivity contribution is 5.78. The lowest BCUT2D eigenvalue weighted by Gasteiger charge is -2.39. The molecular weight excluding hydrogens is 288 g/mol. The highest BCUT2D eigenvalue weighted by Gasteiger charge is 2.31. The molecule has 2 N–H and O–H groups in total. The smallest absolute Gasteiger partial charge is 0.234 e. The molecule has 0 radical (unpaired) electrons. The van der Waals surface area contributed by atoms with E-state index in [1.807, 2.05) is 18.2 Å². The van der Waals surface area contributed by atoms with E-state index < -0.39 is 0 Å². The van der Waals surface area contributed by atoms with Crippen LogP contribution in [0.3, 0.4) is 0 Å². The number of carbonyl (C=O) groups is 1. The van der Waals surface area contributed by atoms with Crippen molar-refractivity contribution in [2.45, 2.75) is 39.7 Å². The predicted octanol–water partition coefficient (Wildman–Crippen LogP) is 2.59. The highest BCUT2D eigenvalue weighted by atomic mass is 16.3. The second-order valence-electron chi connectivity index (χ2n) is 7.48. The Morgan fingerprint density at radius 3 is 2.65 bits per heavy atom. The Kier molecular flexibility index (Phi) is 6.19. The molecule has 4 nitrogen and oxygen atoms in total. The molecular formula is C19H30N2O2. The number of piperidine rings is 1. The van der Waals surface area contributed by atoms with Gasteiger partial charge in [0.2, 0.25) is 5.91 Å². The van der Waals surface area contributed by atoms with Crippen molar-refractivity contribution < 1.29 is 9.90 Å². The minimum atomic E-state index is -0.0740. The van der Waals surface area contributed by atoms with E-state index in [2.05, 4.69) is 43.1 Å². The Morgan fingerprint density at radius 1 is 1.35 bits per heavy atom. The van der Waals surface area contributed by atoms with Gasteiger partial charge in [0.25, 0.3) is 0 Å². The fourth-order valence-electron chi connectivity index (χ4n) is 3.41. The van der Waals surface area contributed by atoms with Gasteiger partial charge in [0.05, 0.1) is 12.6 Å². The van der Waals surface area contributed by atoms with E-state index >= 15 is 0 Å². The minimum absolute atomic E-state index is 0.0396. The van der Waals surface area contributed by atoms with Gasteiger partial charge in [-0.1, -0.05) is 51.1 Å². The summed E-state index contributed by atoms with van der Waals surface area (Å²) in [6.07, 6.45) is 2.07. The summed E-state index contributed by atoms with van der Waals surface area (Å²) in [5.74, 6) is 0.403. The second kappa shape index (κ2) is 7.93. The number of aliphatic hydroxyl groups excluding tert-OH is 1. The lowest BCUT2D eigenvalue weighted by molar-refractivity contribution is -0.124. The minimum Gasteiger partial charge on any atom is -0.396 e. The lowest BCUT2D eigenvalue weighted by Crippen LogP contribution is -2.48. The zero-order chi connectivity index (χ0) is 16.9. The SMILES string of the molecule is CC(C)C(NC(=O)CN1CCCC(C)(CO)C1)c1ccccc1. The standard InChI is InChI=1S/C19H30N2O2/c1-15(2)18(16-8-5-4-6-9-16)20-17(23)12-21-11-7-10-19(3,13-21)14-22/h4-6,8-9,15,18,22H,7,10-14H2,1-3H3,(H,20,23). The summed E-state index contributed by atoms with van der Waals surface area (Å²) in [5, 5.41) is 12.7. The van der Waals surface area contributed by atoms with E-state index in [0.29, 0.717) is 12.5 Å². The van der Waals surface area contributed by atoms with Crippen LogP contribution in [0.4, 0.5) is 0 Å². The van der Waals surface area contributed by atoms with Crippen LogP contribution in [0, 0.1) is 11.3 Å². The number of hydrogen-bond donors (Lipinski definition) is 2. The highest BCUT2D eigenvalue weighted by Crippen LogP contribution is 2.28. The molecule has 2 atom stereocenters. The molecule has 23 heavy (non-hydrogen) atoms. The number of benzene rings is 1. The Bertz CT molecular complexity index is 503. The number of rotatable bonds is 6. The molecule has 0 bridgehead atoms. The number of amides is 1. The van der Waals surface area contributed by atoms with E-state index in [0.717, 1.165) is 31.5 Å². The van der Waals surface area contributed by atoms with Gasteiger partial charge in [-0.25, -0.2) is 0 Å². The largest absolute Gasteiger partial charge is 0.396 e. The van der Waals surface area contributed by atoms with Crippen LogP contribution in [0.15, 0.2) is 30.3 Å². The number of nitrogens with one attached hydrogen (secondary N) is 1. The molecule has 1 aromatic carbocycles. The maximum Gasteiger partial charge on any atom is 0.234 e. The van der Waals surface area contributed by atoms with Gasteiger partial charge in [0, 0.05) is 18.6 Å². The molecule has 4 heteroatoms. The van der Waals surface area contributed by atoms with E-state index in [4.69, 9.17) is 0 Å². The van der Waals surface area contributed by atoms with Crippen molar-refractivity contribution in [2.75, 3.05) is 26.2 Å². The zero-order valence-electron chi connectivity index (χ0n) is 14.6. The third-order valence-electron chi connectivity index (χ3n) is 4.75. The van der Waals surface area contributed by atoms with Crippen molar-refractivity contribution in [2.24, 2.45) is 11.3 Å². The lowest BCUT2D eigenvalue weighted by atomic mass is 9.83. The molecule has 1 fully saturated rings. The summed E-state index contributed by atoms with van der Waals surface area (Å²) in [7, 11) is 0. The Morgan fingerprint density at radius 2 is 2.04 bits per heavy atom. The van der Waals surface area contributed by atoms with Crippen molar-refractivity contribution in [3.05, 3.63) is 35.9 Å². The van der Waals surface area contributed by atoms with Gasteiger partial charge in [-0.05, 0) is 30.9 Å². The van der Waals surface area contributed by atoms with E-state index in [1.54, 1.807) is 0 Å². The van der Waals surface area contributed by atoms with Gasteiger partial charge < -0.3 is 10.4 Å². The average Bonchev–Trinajstić information content (AvgIpc) is 2.53. The summed E-state index contributed by atoms with van der Waals surface area (Å²) in [4.78, 5) is 14.6. The zero-order valence-corrected chi connectivity index (χ0v) is 14.6. The third kappa shape index (κ3) is 5.05. The molecule has 128 valence electrons. The fraction of sp³-hybridized carbons (Fsp3) is 0.632. The molecule has 0 aliphatic carbocycles. The number of likely N-dealkylation sites (tertiary alicyclic amines) is 1. The topological polar surface area (TPSA) is 52.6 Å². The molecule has 2 unspecified atom stereocenters. The van der Waals surface area contributed by atoms with E-state index in [1.165, 1.54) is 0 Å². The monoisotopic (exact) mass is 318 g/mol. The molecule has 1 aliphatic heterocycles. The summed E-state index contributed by atoms with van der Waals surface area (Å²) in [5.41, 5.74) is 1.07. The molecule has 1 aliphatic rings.